The minimum Gasteiger partial charge on any atom is -0.481 e. The summed E-state index contributed by atoms with van der Waals surface area (Å²) in [5.41, 5.74) is 0. The van der Waals surface area contributed by atoms with E-state index in [1.807, 2.05) is 0 Å². The lowest BCUT2D eigenvalue weighted by molar-refractivity contribution is -0.137. The zero-order valence-electron chi connectivity index (χ0n) is 8.01. The van der Waals surface area contributed by atoms with E-state index in [2.05, 4.69) is 6.92 Å². The van der Waals surface area contributed by atoms with E-state index in [-0.39, 0.29) is 23.1 Å². The van der Waals surface area contributed by atoms with Crippen LogP contribution in [0.1, 0.15) is 51.9 Å². The smallest absolute Gasteiger partial charge is 0.303 e. The Balaban J connectivity index is 0. The second kappa shape index (κ2) is 11.2. The van der Waals surface area contributed by atoms with Crippen LogP contribution in [0.4, 0.5) is 0 Å². The highest BCUT2D eigenvalue weighted by Gasteiger charge is 1.95. The van der Waals surface area contributed by atoms with Crippen LogP contribution in [-0.2, 0) is 4.79 Å². The fourth-order valence-electron chi connectivity index (χ4n) is 1.06. The number of hydrogen-bond donors (Lipinski definition) is 1. The summed E-state index contributed by atoms with van der Waals surface area (Å²) < 4.78 is 0. The first-order valence-electron chi connectivity index (χ1n) is 4.49. The molecule has 12 heavy (non-hydrogen) atoms. The van der Waals surface area contributed by atoms with Crippen LogP contribution < -0.4 is 0 Å². The van der Waals surface area contributed by atoms with Gasteiger partial charge in [0.25, 0.3) is 0 Å². The van der Waals surface area contributed by atoms with Crippen molar-refractivity contribution in [2.75, 3.05) is 0 Å². The Morgan fingerprint density at radius 3 is 2.08 bits per heavy atom. The van der Waals surface area contributed by atoms with Crippen molar-refractivity contribution in [2.24, 2.45) is 0 Å². The number of carboxylic acid groups (broad SMARTS) is 1. The topological polar surface area (TPSA) is 37.3 Å². The van der Waals surface area contributed by atoms with Crippen LogP contribution in [0.15, 0.2) is 0 Å². The third-order valence-corrected chi connectivity index (χ3v) is 1.74. The number of aliphatic carboxylic acids is 1. The highest BCUT2D eigenvalue weighted by Crippen LogP contribution is 2.06. The number of carboxylic acids is 1. The maximum absolute atomic E-state index is 10.1. The molecule has 0 aliphatic carbocycles. The molecule has 68 valence electrons. The van der Waals surface area contributed by atoms with Crippen molar-refractivity contribution in [3.63, 3.8) is 0 Å². The van der Waals surface area contributed by atoms with Gasteiger partial charge in [-0.2, -0.15) is 0 Å². The summed E-state index contributed by atoms with van der Waals surface area (Å²) >= 11 is 0. The Morgan fingerprint density at radius 1 is 1.08 bits per heavy atom. The minimum absolute atomic E-state index is 0. The van der Waals surface area contributed by atoms with Crippen molar-refractivity contribution in [1.82, 2.24) is 0 Å². The second-order valence-electron chi connectivity index (χ2n) is 2.91. The first-order chi connectivity index (χ1) is 5.27. The van der Waals surface area contributed by atoms with E-state index in [0.29, 0.717) is 6.42 Å². The Morgan fingerprint density at radius 2 is 1.58 bits per heavy atom. The third-order valence-electron chi connectivity index (χ3n) is 1.74. The zero-order chi connectivity index (χ0) is 8.53. The highest BCUT2D eigenvalue weighted by molar-refractivity contribution is 5.75. The molecule has 0 saturated heterocycles. The van der Waals surface area contributed by atoms with E-state index in [1.54, 1.807) is 0 Å². The monoisotopic (exact) mass is 182 g/mol. The molecule has 2 radical (unpaired) electrons. The lowest BCUT2D eigenvalue weighted by Gasteiger charge is -1.97. The normalized spacial score (nSPS) is 9.08. The predicted octanol–water partition coefficient (Wildman–Crippen LogP) is 2.44. The maximum Gasteiger partial charge on any atom is 0.303 e. The van der Waals surface area contributed by atoms with Crippen LogP contribution in [0.5, 0.6) is 0 Å². The highest BCUT2D eigenvalue weighted by atomic mass is 24.3. The van der Waals surface area contributed by atoms with Gasteiger partial charge in [-0.1, -0.05) is 39.0 Å². The van der Waals surface area contributed by atoms with E-state index in [9.17, 15) is 4.79 Å². The molecule has 1 N–H and O–H groups in total. The summed E-state index contributed by atoms with van der Waals surface area (Å²) in [7, 11) is 0. The van der Waals surface area contributed by atoms with Gasteiger partial charge in [0.15, 0.2) is 0 Å². The lowest BCUT2D eigenvalue weighted by Crippen LogP contribution is -1.93. The van der Waals surface area contributed by atoms with Gasteiger partial charge in [-0.15, -0.1) is 0 Å². The van der Waals surface area contributed by atoms with Crippen molar-refractivity contribution in [3.8, 4) is 0 Å². The molecule has 0 aliphatic heterocycles. The fourth-order valence-corrected chi connectivity index (χ4v) is 1.06. The van der Waals surface area contributed by atoms with Gasteiger partial charge in [0.05, 0.1) is 0 Å². The molecule has 0 aliphatic rings. The first kappa shape index (κ1) is 14.7. The van der Waals surface area contributed by atoms with Crippen LogP contribution in [-0.4, -0.2) is 34.1 Å². The van der Waals surface area contributed by atoms with Crippen molar-refractivity contribution < 1.29 is 9.90 Å². The summed E-state index contributed by atoms with van der Waals surface area (Å²) in [6, 6.07) is 0. The molecule has 0 aromatic heterocycles. The number of rotatable bonds is 7. The Kier molecular flexibility index (Phi) is 13.8. The first-order valence-corrected chi connectivity index (χ1v) is 4.49. The average molecular weight is 183 g/mol. The molecular weight excluding hydrogens is 164 g/mol. The number of hydrogen-bond acceptors (Lipinski definition) is 1. The van der Waals surface area contributed by atoms with Crippen LogP contribution in [0.25, 0.3) is 0 Å². The molecule has 0 bridgehead atoms. The Hall–Kier alpha value is 0.236. The fraction of sp³-hybridized carbons (Fsp3) is 0.889. The van der Waals surface area contributed by atoms with E-state index < -0.39 is 5.97 Å². The van der Waals surface area contributed by atoms with Gasteiger partial charge in [-0.25, -0.2) is 0 Å². The molecular formula is C9H18MgO2. The van der Waals surface area contributed by atoms with Gasteiger partial charge < -0.3 is 5.11 Å². The van der Waals surface area contributed by atoms with Crippen molar-refractivity contribution in [3.05, 3.63) is 0 Å². The number of carbonyl (C=O) groups is 1. The van der Waals surface area contributed by atoms with Gasteiger partial charge in [0.1, 0.15) is 0 Å². The maximum atomic E-state index is 10.1. The van der Waals surface area contributed by atoms with Gasteiger partial charge in [-0.05, 0) is 6.42 Å². The largest absolute Gasteiger partial charge is 0.481 e. The number of unbranched alkanes of at least 4 members (excludes halogenated alkanes) is 5. The molecule has 0 amide bonds. The summed E-state index contributed by atoms with van der Waals surface area (Å²) in [5, 5.41) is 8.32. The second-order valence-corrected chi connectivity index (χ2v) is 2.91. The van der Waals surface area contributed by atoms with E-state index in [1.165, 1.54) is 25.7 Å². The van der Waals surface area contributed by atoms with Gasteiger partial charge >= 0.3 is 5.97 Å². The molecule has 0 saturated carbocycles. The van der Waals surface area contributed by atoms with E-state index in [4.69, 9.17) is 5.11 Å². The van der Waals surface area contributed by atoms with Crippen LogP contribution in [0, 0.1) is 0 Å². The van der Waals surface area contributed by atoms with Crippen LogP contribution >= 0.6 is 0 Å². The molecule has 0 aromatic rings. The SMILES string of the molecule is CCCCCCCCC(=O)O.[Mg]. The summed E-state index contributed by atoms with van der Waals surface area (Å²) in [6.45, 7) is 2.18. The zero-order valence-corrected chi connectivity index (χ0v) is 9.43. The van der Waals surface area contributed by atoms with Crippen molar-refractivity contribution >= 4 is 29.0 Å². The lowest BCUT2D eigenvalue weighted by atomic mass is 10.1. The minimum atomic E-state index is -0.666. The molecule has 0 spiro atoms. The summed E-state index contributed by atoms with van der Waals surface area (Å²) in [4.78, 5) is 10.1. The molecule has 0 heterocycles. The predicted molar refractivity (Wildman–Crippen MR) is 51.4 cm³/mol. The Bertz CT molecular complexity index is 105. The summed E-state index contributed by atoms with van der Waals surface area (Å²) in [5.74, 6) is -0.666. The molecule has 0 rings (SSSR count). The summed E-state index contributed by atoms with van der Waals surface area (Å²) in [6.07, 6.45) is 7.25. The average Bonchev–Trinajstić information content (AvgIpc) is 1.96. The third kappa shape index (κ3) is 12.9. The van der Waals surface area contributed by atoms with Crippen LogP contribution in [0.2, 0.25) is 0 Å². The molecule has 0 fully saturated rings. The van der Waals surface area contributed by atoms with Crippen molar-refractivity contribution in [1.29, 1.82) is 0 Å². The standard InChI is InChI=1S/C9H18O2.Mg/c1-2-3-4-5-6-7-8-9(10)11;/h2-8H2,1H3,(H,10,11);. The van der Waals surface area contributed by atoms with Gasteiger partial charge in [0.2, 0.25) is 0 Å². The Labute approximate surface area is 90.9 Å². The van der Waals surface area contributed by atoms with Gasteiger partial charge in [-0.3, -0.25) is 4.79 Å². The van der Waals surface area contributed by atoms with E-state index >= 15 is 0 Å². The van der Waals surface area contributed by atoms with Crippen molar-refractivity contribution in [2.45, 2.75) is 51.9 Å². The molecule has 2 nitrogen and oxygen atoms in total. The molecule has 3 heteroatoms. The quantitative estimate of drug-likeness (QED) is 0.485. The van der Waals surface area contributed by atoms with Crippen LogP contribution in [0.3, 0.4) is 0 Å². The van der Waals surface area contributed by atoms with Gasteiger partial charge in [0, 0.05) is 29.5 Å². The van der Waals surface area contributed by atoms with E-state index in [0.717, 1.165) is 12.8 Å². The molecule has 0 aromatic carbocycles. The molecule has 0 atom stereocenters. The molecule has 0 unspecified atom stereocenters.